The molecule has 5 nitrogen and oxygen atoms in total. The van der Waals surface area contributed by atoms with E-state index in [4.69, 9.17) is 16.1 Å². The second-order valence-corrected chi connectivity index (χ2v) is 5.55. The Morgan fingerprint density at radius 1 is 1.38 bits per heavy atom. The van der Waals surface area contributed by atoms with E-state index in [0.717, 1.165) is 5.56 Å². The first-order valence-corrected chi connectivity index (χ1v) is 7.11. The average molecular weight is 312 g/mol. The molecule has 1 N–H and O–H groups in total. The lowest BCUT2D eigenvalue weighted by molar-refractivity contribution is 0.140. The van der Waals surface area contributed by atoms with Crippen LogP contribution in [0.2, 0.25) is 5.02 Å². The molecule has 0 amide bonds. The van der Waals surface area contributed by atoms with E-state index >= 15 is 0 Å². The minimum atomic E-state index is -0.916. The number of nitrogens with zero attached hydrogens (tertiary/aromatic N) is 3. The van der Waals surface area contributed by atoms with Crippen LogP contribution < -0.4 is 0 Å². The Morgan fingerprint density at radius 3 is 2.86 bits per heavy atom. The molecule has 112 valence electrons. The topological polar surface area (TPSA) is 62.4 Å². The lowest BCUT2D eigenvalue weighted by Gasteiger charge is -2.19. The molecule has 0 unspecified atom stereocenters. The summed E-state index contributed by atoms with van der Waals surface area (Å²) in [6, 6.07) is 6.93. The second-order valence-electron chi connectivity index (χ2n) is 5.12. The Hall–Kier alpha value is -1.50. The summed E-state index contributed by atoms with van der Waals surface area (Å²) >= 11 is 5.83. The minimum absolute atomic E-state index is 0.0708. The van der Waals surface area contributed by atoms with Gasteiger partial charge in [0.1, 0.15) is 6.17 Å². The fourth-order valence-electron chi connectivity index (χ4n) is 2.52. The molecule has 21 heavy (non-hydrogen) atoms. The molecule has 0 saturated carbocycles. The lowest BCUT2D eigenvalue weighted by atomic mass is 10.2. The van der Waals surface area contributed by atoms with Crippen molar-refractivity contribution in [2.75, 3.05) is 13.2 Å². The molecule has 0 spiro atoms. The fraction of sp³-hybridized carbons (Fsp3) is 0.429. The van der Waals surface area contributed by atoms with Crippen LogP contribution in [0.4, 0.5) is 4.39 Å². The fourth-order valence-corrected chi connectivity index (χ4v) is 2.64. The summed E-state index contributed by atoms with van der Waals surface area (Å²) in [4.78, 5) is 6.12. The number of benzene rings is 1. The highest BCUT2D eigenvalue weighted by atomic mass is 35.5. The third kappa shape index (κ3) is 3.23. The van der Waals surface area contributed by atoms with Crippen LogP contribution in [0.5, 0.6) is 0 Å². The van der Waals surface area contributed by atoms with Gasteiger partial charge in [0.25, 0.3) is 0 Å². The summed E-state index contributed by atoms with van der Waals surface area (Å²) in [6.45, 7) is 0.550. The Labute approximate surface area is 126 Å². The number of hydrogen-bond donors (Lipinski definition) is 1. The van der Waals surface area contributed by atoms with E-state index in [2.05, 4.69) is 10.1 Å². The minimum Gasteiger partial charge on any atom is -0.395 e. The van der Waals surface area contributed by atoms with E-state index in [1.807, 2.05) is 4.90 Å². The molecule has 0 radical (unpaired) electrons. The van der Waals surface area contributed by atoms with Crippen LogP contribution in [-0.4, -0.2) is 45.5 Å². The Balaban J connectivity index is 1.72. The molecular formula is C14H15ClFN3O2. The normalized spacial score (nSPS) is 22.8. The van der Waals surface area contributed by atoms with Crippen LogP contribution in [0.1, 0.15) is 12.3 Å². The van der Waals surface area contributed by atoms with Crippen molar-refractivity contribution in [1.82, 2.24) is 15.0 Å². The summed E-state index contributed by atoms with van der Waals surface area (Å²) < 4.78 is 18.6. The van der Waals surface area contributed by atoms with Gasteiger partial charge >= 0.3 is 0 Å². The van der Waals surface area contributed by atoms with Crippen molar-refractivity contribution in [1.29, 1.82) is 0 Å². The number of hydrogen-bond acceptors (Lipinski definition) is 5. The van der Waals surface area contributed by atoms with E-state index in [0.29, 0.717) is 29.7 Å². The maximum absolute atomic E-state index is 13.4. The third-order valence-corrected chi connectivity index (χ3v) is 3.85. The molecular weight excluding hydrogens is 297 g/mol. The molecule has 1 aliphatic heterocycles. The van der Waals surface area contributed by atoms with Gasteiger partial charge in [-0.2, -0.15) is 4.98 Å². The zero-order valence-corrected chi connectivity index (χ0v) is 12.0. The van der Waals surface area contributed by atoms with Crippen molar-refractivity contribution < 1.29 is 14.0 Å². The molecule has 2 heterocycles. The van der Waals surface area contributed by atoms with Crippen LogP contribution in [0, 0.1) is 0 Å². The predicted octanol–water partition coefficient (Wildman–Crippen LogP) is 2.29. The summed E-state index contributed by atoms with van der Waals surface area (Å²) in [6.07, 6.45) is -0.574. The van der Waals surface area contributed by atoms with Crippen LogP contribution in [0.3, 0.4) is 0 Å². The molecule has 0 aliphatic carbocycles. The van der Waals surface area contributed by atoms with Gasteiger partial charge in [-0.25, -0.2) is 4.39 Å². The van der Waals surface area contributed by atoms with Gasteiger partial charge < -0.3 is 9.63 Å². The standard InChI is InChI=1S/C14H15ClFN3O2/c15-10-3-1-9(2-4-10)14-17-13(21-18-14)7-19-6-11(16)5-12(19)8-20/h1-4,11-12,20H,5-8H2/t11-,12-/m0/s1. The molecule has 2 aromatic rings. The molecule has 2 atom stereocenters. The number of alkyl halides is 1. The Kier molecular flexibility index (Phi) is 4.19. The van der Waals surface area contributed by atoms with Crippen molar-refractivity contribution in [2.45, 2.75) is 25.2 Å². The van der Waals surface area contributed by atoms with Crippen molar-refractivity contribution in [3.63, 3.8) is 0 Å². The van der Waals surface area contributed by atoms with E-state index in [1.54, 1.807) is 24.3 Å². The summed E-state index contributed by atoms with van der Waals surface area (Å²) in [5.74, 6) is 0.880. The smallest absolute Gasteiger partial charge is 0.241 e. The SMILES string of the molecule is OC[C@@H]1C[C@H](F)CN1Cc1nc(-c2ccc(Cl)cc2)no1. The molecule has 1 saturated heterocycles. The monoisotopic (exact) mass is 311 g/mol. The molecule has 7 heteroatoms. The molecule has 1 aromatic carbocycles. The third-order valence-electron chi connectivity index (χ3n) is 3.60. The quantitative estimate of drug-likeness (QED) is 0.938. The molecule has 1 fully saturated rings. The van der Waals surface area contributed by atoms with Crippen molar-refractivity contribution >= 4 is 11.6 Å². The van der Waals surface area contributed by atoms with E-state index in [1.165, 1.54) is 0 Å². The highest BCUT2D eigenvalue weighted by Crippen LogP contribution is 2.23. The van der Waals surface area contributed by atoms with Gasteiger partial charge in [0, 0.05) is 23.2 Å². The van der Waals surface area contributed by atoms with Gasteiger partial charge in [0.05, 0.1) is 13.2 Å². The maximum Gasteiger partial charge on any atom is 0.241 e. The number of aliphatic hydroxyl groups excluding tert-OH is 1. The summed E-state index contributed by atoms with van der Waals surface area (Å²) in [7, 11) is 0. The van der Waals surface area contributed by atoms with Gasteiger partial charge in [-0.05, 0) is 30.7 Å². The first-order chi connectivity index (χ1) is 10.2. The van der Waals surface area contributed by atoms with E-state index < -0.39 is 6.17 Å². The van der Waals surface area contributed by atoms with Crippen LogP contribution in [-0.2, 0) is 6.54 Å². The van der Waals surface area contributed by atoms with Crippen molar-refractivity contribution in [3.8, 4) is 11.4 Å². The number of aliphatic hydroxyl groups is 1. The van der Waals surface area contributed by atoms with E-state index in [9.17, 15) is 9.50 Å². The number of halogens is 2. The largest absolute Gasteiger partial charge is 0.395 e. The van der Waals surface area contributed by atoms with Crippen molar-refractivity contribution in [3.05, 3.63) is 35.2 Å². The second kappa shape index (κ2) is 6.09. The average Bonchev–Trinajstić information content (AvgIpc) is 3.07. The molecule has 1 aliphatic rings. The highest BCUT2D eigenvalue weighted by molar-refractivity contribution is 6.30. The number of likely N-dealkylation sites (tertiary alicyclic amines) is 1. The van der Waals surface area contributed by atoms with Gasteiger partial charge in [-0.1, -0.05) is 16.8 Å². The van der Waals surface area contributed by atoms with Crippen molar-refractivity contribution in [2.24, 2.45) is 0 Å². The van der Waals surface area contributed by atoms with Crippen LogP contribution >= 0.6 is 11.6 Å². The predicted molar refractivity (Wildman–Crippen MR) is 75.5 cm³/mol. The molecule has 3 rings (SSSR count). The lowest BCUT2D eigenvalue weighted by Crippen LogP contribution is -2.31. The number of rotatable bonds is 4. The van der Waals surface area contributed by atoms with Crippen LogP contribution in [0.15, 0.2) is 28.8 Å². The van der Waals surface area contributed by atoms with Gasteiger partial charge in [-0.15, -0.1) is 0 Å². The van der Waals surface area contributed by atoms with Gasteiger partial charge in [-0.3, -0.25) is 4.90 Å². The van der Waals surface area contributed by atoms with E-state index in [-0.39, 0.29) is 19.2 Å². The van der Waals surface area contributed by atoms with Crippen LogP contribution in [0.25, 0.3) is 11.4 Å². The first kappa shape index (κ1) is 14.4. The molecule has 0 bridgehead atoms. The summed E-state index contributed by atoms with van der Waals surface area (Å²) in [5.41, 5.74) is 0.804. The summed E-state index contributed by atoms with van der Waals surface area (Å²) in [5, 5.41) is 13.8. The number of aromatic nitrogens is 2. The Bertz CT molecular complexity index is 605. The zero-order valence-electron chi connectivity index (χ0n) is 11.2. The first-order valence-electron chi connectivity index (χ1n) is 6.73. The van der Waals surface area contributed by atoms with Gasteiger partial charge in [0.15, 0.2) is 0 Å². The highest BCUT2D eigenvalue weighted by Gasteiger charge is 2.32. The van der Waals surface area contributed by atoms with Gasteiger partial charge in [0.2, 0.25) is 11.7 Å². The Morgan fingerprint density at radius 2 is 2.14 bits per heavy atom. The zero-order chi connectivity index (χ0) is 14.8. The maximum atomic E-state index is 13.4. The molecule has 1 aromatic heterocycles.